The van der Waals surface area contributed by atoms with Crippen molar-refractivity contribution in [2.45, 2.75) is 18.8 Å². The summed E-state index contributed by atoms with van der Waals surface area (Å²) in [5, 5.41) is 0. The molecule has 2 heterocycles. The van der Waals surface area contributed by atoms with Gasteiger partial charge >= 0.3 is 0 Å². The topological polar surface area (TPSA) is 46.1 Å². The van der Waals surface area contributed by atoms with Crippen LogP contribution in [0.3, 0.4) is 0 Å². The molecule has 1 amide bonds. The number of hydrogen-bond acceptors (Lipinski definition) is 3. The van der Waals surface area contributed by atoms with Crippen molar-refractivity contribution < 1.29 is 13.6 Å². The molecule has 3 aromatic rings. The van der Waals surface area contributed by atoms with E-state index >= 15 is 0 Å². The SMILES string of the molecule is O=C(c1cc(F)cc(F)c1)N1CCCC(c2ccnc(-c3ccccc3)n2)C1. The molecule has 6 heteroatoms. The zero-order valence-electron chi connectivity index (χ0n) is 15.2. The van der Waals surface area contributed by atoms with Crippen molar-refractivity contribution >= 4 is 5.91 Å². The number of halogens is 2. The Labute approximate surface area is 161 Å². The summed E-state index contributed by atoms with van der Waals surface area (Å²) in [7, 11) is 0. The monoisotopic (exact) mass is 379 g/mol. The summed E-state index contributed by atoms with van der Waals surface area (Å²) < 4.78 is 27.0. The fourth-order valence-electron chi connectivity index (χ4n) is 3.59. The van der Waals surface area contributed by atoms with Crippen molar-refractivity contribution in [3.63, 3.8) is 0 Å². The molecule has 2 aromatic carbocycles. The lowest BCUT2D eigenvalue weighted by Gasteiger charge is -2.32. The van der Waals surface area contributed by atoms with Crippen molar-refractivity contribution in [3.05, 3.63) is 83.7 Å². The van der Waals surface area contributed by atoms with Gasteiger partial charge < -0.3 is 4.90 Å². The molecular weight excluding hydrogens is 360 g/mol. The van der Waals surface area contributed by atoms with Crippen molar-refractivity contribution in [2.24, 2.45) is 0 Å². The first-order valence-electron chi connectivity index (χ1n) is 9.24. The van der Waals surface area contributed by atoms with Crippen LogP contribution in [0, 0.1) is 11.6 Å². The third-order valence-electron chi connectivity index (χ3n) is 4.95. The van der Waals surface area contributed by atoms with Crippen LogP contribution in [0.2, 0.25) is 0 Å². The Morgan fingerprint density at radius 3 is 2.54 bits per heavy atom. The first-order valence-corrected chi connectivity index (χ1v) is 9.24. The summed E-state index contributed by atoms with van der Waals surface area (Å²) in [6.45, 7) is 1.02. The molecule has 1 saturated heterocycles. The first-order chi connectivity index (χ1) is 13.6. The second-order valence-electron chi connectivity index (χ2n) is 6.92. The second kappa shape index (κ2) is 7.84. The first kappa shape index (κ1) is 18.2. The molecule has 0 radical (unpaired) electrons. The van der Waals surface area contributed by atoms with E-state index in [-0.39, 0.29) is 17.4 Å². The summed E-state index contributed by atoms with van der Waals surface area (Å²) in [6, 6.07) is 14.5. The molecular formula is C22H19F2N3O. The van der Waals surface area contributed by atoms with Crippen molar-refractivity contribution in [1.82, 2.24) is 14.9 Å². The molecule has 1 aromatic heterocycles. The van der Waals surface area contributed by atoms with E-state index in [1.54, 1.807) is 11.1 Å². The highest BCUT2D eigenvalue weighted by Crippen LogP contribution is 2.28. The molecule has 1 fully saturated rings. The van der Waals surface area contributed by atoms with Gasteiger partial charge in [-0.1, -0.05) is 30.3 Å². The zero-order chi connectivity index (χ0) is 19.5. The highest BCUT2D eigenvalue weighted by atomic mass is 19.1. The maximum absolute atomic E-state index is 13.5. The van der Waals surface area contributed by atoms with Crippen LogP contribution in [-0.4, -0.2) is 33.9 Å². The molecule has 1 aliphatic rings. The van der Waals surface area contributed by atoms with Crippen LogP contribution >= 0.6 is 0 Å². The van der Waals surface area contributed by atoms with Gasteiger partial charge in [-0.15, -0.1) is 0 Å². The molecule has 0 bridgehead atoms. The fraction of sp³-hybridized carbons (Fsp3) is 0.227. The van der Waals surface area contributed by atoms with Crippen LogP contribution in [0.5, 0.6) is 0 Å². The van der Waals surface area contributed by atoms with Gasteiger partial charge in [-0.05, 0) is 31.0 Å². The van der Waals surface area contributed by atoms with E-state index in [1.807, 2.05) is 36.4 Å². The Bertz CT molecular complexity index is 974. The van der Waals surface area contributed by atoms with E-state index in [0.29, 0.717) is 18.9 Å². The highest BCUT2D eigenvalue weighted by molar-refractivity contribution is 5.94. The second-order valence-corrected chi connectivity index (χ2v) is 6.92. The van der Waals surface area contributed by atoms with E-state index in [0.717, 1.165) is 42.3 Å². The van der Waals surface area contributed by atoms with Gasteiger partial charge in [0.15, 0.2) is 5.82 Å². The molecule has 4 nitrogen and oxygen atoms in total. The van der Waals surface area contributed by atoms with Crippen molar-refractivity contribution in [1.29, 1.82) is 0 Å². The highest BCUT2D eigenvalue weighted by Gasteiger charge is 2.27. The average molecular weight is 379 g/mol. The Kier molecular flexibility index (Phi) is 5.10. The van der Waals surface area contributed by atoms with Gasteiger partial charge in [0.25, 0.3) is 5.91 Å². The summed E-state index contributed by atoms with van der Waals surface area (Å²) in [6.07, 6.45) is 3.43. The predicted octanol–water partition coefficient (Wildman–Crippen LogP) is 4.44. The Balaban J connectivity index is 1.55. The largest absolute Gasteiger partial charge is 0.338 e. The van der Waals surface area contributed by atoms with Gasteiger partial charge in [0.2, 0.25) is 0 Å². The number of benzene rings is 2. The molecule has 1 aliphatic heterocycles. The molecule has 4 rings (SSSR count). The Morgan fingerprint density at radius 2 is 1.79 bits per heavy atom. The Morgan fingerprint density at radius 1 is 1.04 bits per heavy atom. The average Bonchev–Trinajstić information content (AvgIpc) is 2.73. The minimum atomic E-state index is -0.750. The quantitative estimate of drug-likeness (QED) is 0.676. The Hall–Kier alpha value is -3.15. The number of aromatic nitrogens is 2. The predicted molar refractivity (Wildman–Crippen MR) is 102 cm³/mol. The minimum absolute atomic E-state index is 0.0332. The zero-order valence-corrected chi connectivity index (χ0v) is 15.2. The van der Waals surface area contributed by atoms with Crippen LogP contribution in [0.25, 0.3) is 11.4 Å². The minimum Gasteiger partial charge on any atom is -0.338 e. The third kappa shape index (κ3) is 3.91. The maximum Gasteiger partial charge on any atom is 0.254 e. The fourth-order valence-corrected chi connectivity index (χ4v) is 3.59. The molecule has 28 heavy (non-hydrogen) atoms. The smallest absolute Gasteiger partial charge is 0.254 e. The van der Waals surface area contributed by atoms with Gasteiger partial charge in [0.1, 0.15) is 11.6 Å². The molecule has 0 spiro atoms. The summed E-state index contributed by atoms with van der Waals surface area (Å²) >= 11 is 0. The maximum atomic E-state index is 13.5. The van der Waals surface area contributed by atoms with Gasteiger partial charge in [0, 0.05) is 48.1 Å². The van der Waals surface area contributed by atoms with E-state index in [9.17, 15) is 13.6 Å². The molecule has 1 atom stereocenters. The summed E-state index contributed by atoms with van der Waals surface area (Å²) in [5.41, 5.74) is 1.84. The lowest BCUT2D eigenvalue weighted by Crippen LogP contribution is -2.39. The number of amides is 1. The van der Waals surface area contributed by atoms with Crippen molar-refractivity contribution in [2.75, 3.05) is 13.1 Å². The number of carbonyl (C=O) groups excluding carboxylic acids is 1. The molecule has 0 N–H and O–H groups in total. The van der Waals surface area contributed by atoms with Gasteiger partial charge in [0.05, 0.1) is 0 Å². The van der Waals surface area contributed by atoms with E-state index in [1.165, 1.54) is 0 Å². The normalized spacial score (nSPS) is 16.8. The van der Waals surface area contributed by atoms with Crippen LogP contribution < -0.4 is 0 Å². The molecule has 142 valence electrons. The van der Waals surface area contributed by atoms with E-state index in [4.69, 9.17) is 4.98 Å². The number of nitrogens with zero attached hydrogens (tertiary/aromatic N) is 3. The lowest BCUT2D eigenvalue weighted by molar-refractivity contribution is 0.0705. The number of likely N-dealkylation sites (tertiary alicyclic amines) is 1. The van der Waals surface area contributed by atoms with Crippen LogP contribution in [0.1, 0.15) is 34.8 Å². The number of rotatable bonds is 3. The molecule has 0 saturated carbocycles. The van der Waals surface area contributed by atoms with Crippen LogP contribution in [0.4, 0.5) is 8.78 Å². The number of carbonyl (C=O) groups is 1. The lowest BCUT2D eigenvalue weighted by atomic mass is 9.94. The van der Waals surface area contributed by atoms with Crippen LogP contribution in [0.15, 0.2) is 60.8 Å². The number of hydrogen-bond donors (Lipinski definition) is 0. The van der Waals surface area contributed by atoms with Crippen LogP contribution in [-0.2, 0) is 0 Å². The standard InChI is InChI=1S/C22H19F2N3O/c23-18-11-17(12-19(24)13-18)22(28)27-10-4-7-16(14-27)20-8-9-25-21(26-20)15-5-2-1-3-6-15/h1-3,5-6,8-9,11-13,16H,4,7,10,14H2. The summed E-state index contributed by atoms with van der Waals surface area (Å²) in [5.74, 6) is -1.16. The molecule has 0 aliphatic carbocycles. The summed E-state index contributed by atoms with van der Waals surface area (Å²) in [4.78, 5) is 23.4. The van der Waals surface area contributed by atoms with Gasteiger partial charge in [-0.25, -0.2) is 18.7 Å². The van der Waals surface area contributed by atoms with Gasteiger partial charge in [-0.3, -0.25) is 4.79 Å². The van der Waals surface area contributed by atoms with Crippen molar-refractivity contribution in [3.8, 4) is 11.4 Å². The molecule has 1 unspecified atom stereocenters. The number of piperidine rings is 1. The third-order valence-corrected chi connectivity index (χ3v) is 4.95. The van der Waals surface area contributed by atoms with E-state index < -0.39 is 11.6 Å². The van der Waals surface area contributed by atoms with E-state index in [2.05, 4.69) is 4.98 Å². The van der Waals surface area contributed by atoms with Gasteiger partial charge in [-0.2, -0.15) is 0 Å².